The van der Waals surface area contributed by atoms with Crippen LogP contribution in [0.15, 0.2) is 35.4 Å². The van der Waals surface area contributed by atoms with Crippen LogP contribution in [0.4, 0.5) is 11.5 Å². The lowest BCUT2D eigenvalue weighted by Crippen LogP contribution is -2.16. The quantitative estimate of drug-likeness (QED) is 0.814. The molecule has 0 fully saturated rings. The predicted molar refractivity (Wildman–Crippen MR) is 69.6 cm³/mol. The van der Waals surface area contributed by atoms with E-state index in [-0.39, 0.29) is 4.90 Å². The molecule has 2 aromatic rings. The summed E-state index contributed by atoms with van der Waals surface area (Å²) >= 11 is 0. The van der Waals surface area contributed by atoms with Gasteiger partial charge in [0.2, 0.25) is 0 Å². The van der Waals surface area contributed by atoms with Crippen molar-refractivity contribution in [3.8, 4) is 0 Å². The van der Waals surface area contributed by atoms with E-state index in [9.17, 15) is 8.42 Å². The minimum absolute atomic E-state index is 0.206. The number of hydrogen-bond donors (Lipinski definition) is 2. The molecule has 0 aliphatic rings. The minimum Gasteiger partial charge on any atom is -0.399 e. The summed E-state index contributed by atoms with van der Waals surface area (Å²) in [5, 5.41) is 3.90. The maximum Gasteiger partial charge on any atom is 0.263 e. The largest absolute Gasteiger partial charge is 0.399 e. The van der Waals surface area contributed by atoms with E-state index >= 15 is 0 Å². The third-order valence-electron chi connectivity index (χ3n) is 2.55. The number of hydrogen-bond acceptors (Lipinski definition) is 4. The van der Waals surface area contributed by atoms with Gasteiger partial charge in [-0.1, -0.05) is 0 Å². The van der Waals surface area contributed by atoms with Gasteiger partial charge in [-0.2, -0.15) is 5.10 Å². The molecular weight excluding hydrogens is 252 g/mol. The fourth-order valence-electron chi connectivity index (χ4n) is 1.64. The topological polar surface area (TPSA) is 90.0 Å². The maximum atomic E-state index is 12.2. The average Bonchev–Trinajstić information content (AvgIpc) is 2.63. The molecule has 18 heavy (non-hydrogen) atoms. The van der Waals surface area contributed by atoms with Crippen molar-refractivity contribution in [2.75, 3.05) is 10.5 Å². The second kappa shape index (κ2) is 4.34. The van der Waals surface area contributed by atoms with Crippen molar-refractivity contribution < 1.29 is 8.42 Å². The fourth-order valence-corrected chi connectivity index (χ4v) is 2.96. The molecule has 6 nitrogen and oxygen atoms in total. The summed E-state index contributed by atoms with van der Waals surface area (Å²) in [6.07, 6.45) is 1.52. The van der Waals surface area contributed by atoms with Crippen LogP contribution < -0.4 is 10.5 Å². The van der Waals surface area contributed by atoms with E-state index in [1.807, 2.05) is 0 Å². The molecule has 0 amide bonds. The predicted octanol–water partition coefficient (Wildman–Crippen LogP) is 1.11. The molecule has 96 valence electrons. The molecule has 1 aromatic carbocycles. The van der Waals surface area contributed by atoms with Crippen molar-refractivity contribution in [1.29, 1.82) is 0 Å². The van der Waals surface area contributed by atoms with Crippen LogP contribution in [0.5, 0.6) is 0 Å². The molecule has 0 bridgehead atoms. The molecule has 0 spiro atoms. The van der Waals surface area contributed by atoms with E-state index in [0.29, 0.717) is 17.1 Å². The Morgan fingerprint density at radius 1 is 1.33 bits per heavy atom. The van der Waals surface area contributed by atoms with Gasteiger partial charge >= 0.3 is 0 Å². The van der Waals surface area contributed by atoms with E-state index in [4.69, 9.17) is 5.73 Å². The van der Waals surface area contributed by atoms with Gasteiger partial charge < -0.3 is 5.73 Å². The zero-order valence-electron chi connectivity index (χ0n) is 10.1. The van der Waals surface area contributed by atoms with Crippen LogP contribution >= 0.6 is 0 Å². The molecule has 0 radical (unpaired) electrons. The molecule has 3 N–H and O–H groups in total. The molecule has 1 aromatic heterocycles. The molecular formula is C11H14N4O2S. The number of aryl methyl sites for hydroxylation is 2. The van der Waals surface area contributed by atoms with Crippen molar-refractivity contribution in [2.45, 2.75) is 11.8 Å². The van der Waals surface area contributed by atoms with Gasteiger partial charge in [-0.3, -0.25) is 9.40 Å². The molecule has 0 saturated carbocycles. The van der Waals surface area contributed by atoms with Gasteiger partial charge in [-0.05, 0) is 30.7 Å². The zero-order chi connectivity index (χ0) is 13.3. The summed E-state index contributed by atoms with van der Waals surface area (Å²) < 4.78 is 28.3. The molecule has 0 saturated heterocycles. The normalized spacial score (nSPS) is 11.4. The Balaban J connectivity index is 2.40. The molecule has 0 aliphatic heterocycles. The molecule has 7 heteroatoms. The molecule has 0 unspecified atom stereocenters. The van der Waals surface area contributed by atoms with E-state index in [0.717, 1.165) is 0 Å². The SMILES string of the molecule is Cc1cc(N)ccc1S(=O)(=O)Nc1ccnn1C. The fraction of sp³-hybridized carbons (Fsp3) is 0.182. The third-order valence-corrected chi connectivity index (χ3v) is 4.06. The van der Waals surface area contributed by atoms with Crippen molar-refractivity contribution in [2.24, 2.45) is 7.05 Å². The van der Waals surface area contributed by atoms with Crippen LogP contribution in [0.1, 0.15) is 5.56 Å². The minimum atomic E-state index is -3.62. The molecule has 0 atom stereocenters. The lowest BCUT2D eigenvalue weighted by atomic mass is 10.2. The van der Waals surface area contributed by atoms with Crippen molar-refractivity contribution >= 4 is 21.5 Å². The second-order valence-corrected chi connectivity index (χ2v) is 5.62. The summed E-state index contributed by atoms with van der Waals surface area (Å²) in [7, 11) is -1.96. The van der Waals surface area contributed by atoms with Crippen LogP contribution in [0.2, 0.25) is 0 Å². The summed E-state index contributed by atoms with van der Waals surface area (Å²) in [6, 6.07) is 6.26. The average molecular weight is 266 g/mol. The Labute approximate surface area is 105 Å². The molecule has 2 rings (SSSR count). The molecule has 0 aliphatic carbocycles. The number of aromatic nitrogens is 2. The third kappa shape index (κ3) is 2.30. The first-order valence-corrected chi connectivity index (χ1v) is 6.75. The summed E-state index contributed by atoms with van der Waals surface area (Å²) in [5.41, 5.74) is 6.74. The highest BCUT2D eigenvalue weighted by atomic mass is 32.2. The van der Waals surface area contributed by atoms with Crippen molar-refractivity contribution in [3.63, 3.8) is 0 Å². The number of rotatable bonds is 3. The Morgan fingerprint density at radius 2 is 2.06 bits per heavy atom. The van der Waals surface area contributed by atoms with Crippen LogP contribution in [0.25, 0.3) is 0 Å². The van der Waals surface area contributed by atoms with Crippen LogP contribution in [-0.2, 0) is 17.1 Å². The van der Waals surface area contributed by atoms with Gasteiger partial charge in [-0.15, -0.1) is 0 Å². The van der Waals surface area contributed by atoms with E-state index in [1.54, 1.807) is 32.2 Å². The van der Waals surface area contributed by atoms with Gasteiger partial charge in [0, 0.05) is 18.8 Å². The number of benzene rings is 1. The van der Waals surface area contributed by atoms with Gasteiger partial charge in [0.15, 0.2) is 0 Å². The first kappa shape index (κ1) is 12.4. The Hall–Kier alpha value is -2.02. The van der Waals surface area contributed by atoms with E-state index < -0.39 is 10.0 Å². The number of nitrogens with one attached hydrogen (secondary N) is 1. The van der Waals surface area contributed by atoms with E-state index in [2.05, 4.69) is 9.82 Å². The Morgan fingerprint density at radius 3 is 2.61 bits per heavy atom. The first-order valence-electron chi connectivity index (χ1n) is 5.27. The summed E-state index contributed by atoms with van der Waals surface area (Å²) in [5.74, 6) is 0.409. The summed E-state index contributed by atoms with van der Waals surface area (Å²) in [6.45, 7) is 1.70. The number of nitrogens with zero attached hydrogens (tertiary/aromatic N) is 2. The van der Waals surface area contributed by atoms with Gasteiger partial charge in [0.25, 0.3) is 10.0 Å². The highest BCUT2D eigenvalue weighted by Gasteiger charge is 2.18. The Bertz CT molecular complexity index is 676. The second-order valence-electron chi connectivity index (χ2n) is 3.97. The van der Waals surface area contributed by atoms with Crippen LogP contribution in [0.3, 0.4) is 0 Å². The lowest BCUT2D eigenvalue weighted by Gasteiger charge is -2.10. The molecule has 1 heterocycles. The van der Waals surface area contributed by atoms with Crippen LogP contribution in [-0.4, -0.2) is 18.2 Å². The van der Waals surface area contributed by atoms with Gasteiger partial charge in [-0.25, -0.2) is 8.42 Å². The smallest absolute Gasteiger partial charge is 0.263 e. The van der Waals surface area contributed by atoms with Crippen molar-refractivity contribution in [1.82, 2.24) is 9.78 Å². The maximum absolute atomic E-state index is 12.2. The number of sulfonamides is 1. The van der Waals surface area contributed by atoms with Gasteiger partial charge in [0.1, 0.15) is 5.82 Å². The summed E-state index contributed by atoms with van der Waals surface area (Å²) in [4.78, 5) is 0.206. The van der Waals surface area contributed by atoms with Crippen LogP contribution in [0, 0.1) is 6.92 Å². The highest BCUT2D eigenvalue weighted by Crippen LogP contribution is 2.20. The Kier molecular flexibility index (Phi) is 3.00. The van der Waals surface area contributed by atoms with Gasteiger partial charge in [0.05, 0.1) is 11.1 Å². The standard InChI is InChI=1S/C11H14N4O2S/c1-8-7-9(12)3-4-10(8)18(16,17)14-11-5-6-13-15(11)2/h3-7,14H,12H2,1-2H3. The lowest BCUT2D eigenvalue weighted by molar-refractivity contribution is 0.599. The zero-order valence-corrected chi connectivity index (χ0v) is 10.9. The highest BCUT2D eigenvalue weighted by molar-refractivity contribution is 7.92. The number of anilines is 2. The van der Waals surface area contributed by atoms with Crippen molar-refractivity contribution in [3.05, 3.63) is 36.0 Å². The first-order chi connectivity index (χ1) is 8.40. The number of nitrogens with two attached hydrogens (primary N) is 1. The number of nitrogen functional groups attached to an aromatic ring is 1. The monoisotopic (exact) mass is 266 g/mol. The van der Waals surface area contributed by atoms with E-state index in [1.165, 1.54) is 16.9 Å².